The largest absolute Gasteiger partial charge is 0.340 e. The summed E-state index contributed by atoms with van der Waals surface area (Å²) in [6.45, 7) is 3.44. The number of anilines is 1. The Kier molecular flexibility index (Phi) is 8.13. The van der Waals surface area contributed by atoms with Gasteiger partial charge in [-0.1, -0.05) is 37.2 Å². The van der Waals surface area contributed by atoms with Crippen molar-refractivity contribution in [2.45, 2.75) is 30.5 Å². The van der Waals surface area contributed by atoms with Crippen LogP contribution in [0.25, 0.3) is 0 Å². The van der Waals surface area contributed by atoms with E-state index in [4.69, 9.17) is 11.6 Å². The van der Waals surface area contributed by atoms with Crippen LogP contribution in [0.3, 0.4) is 0 Å². The highest BCUT2D eigenvalue weighted by Gasteiger charge is 2.26. The lowest BCUT2D eigenvalue weighted by molar-refractivity contribution is -0.384. The van der Waals surface area contributed by atoms with E-state index < -0.39 is 34.2 Å². The first-order valence-corrected chi connectivity index (χ1v) is 9.94. The van der Waals surface area contributed by atoms with Crippen LogP contribution in [0.5, 0.6) is 0 Å². The summed E-state index contributed by atoms with van der Waals surface area (Å²) in [5, 5.41) is 16.1. The number of thioether (sulfide) groups is 1. The molecule has 2 amide bonds. The predicted octanol–water partition coefficient (Wildman–Crippen LogP) is 4.96. The molecule has 0 saturated heterocycles. The minimum absolute atomic E-state index is 0.0158. The lowest BCUT2D eigenvalue weighted by atomic mass is 10.0. The predicted molar refractivity (Wildman–Crippen MR) is 111 cm³/mol. The number of benzene rings is 2. The molecule has 0 heterocycles. The fourth-order valence-corrected chi connectivity index (χ4v) is 3.18. The van der Waals surface area contributed by atoms with Crippen molar-refractivity contribution >= 4 is 46.6 Å². The molecule has 0 aliphatic rings. The van der Waals surface area contributed by atoms with Gasteiger partial charge in [0.05, 0.1) is 4.92 Å². The van der Waals surface area contributed by atoms with Crippen molar-refractivity contribution in [2.75, 3.05) is 5.32 Å². The van der Waals surface area contributed by atoms with Crippen molar-refractivity contribution in [3.05, 3.63) is 63.2 Å². The molecule has 0 aromatic heterocycles. The zero-order valence-corrected chi connectivity index (χ0v) is 17.5. The number of hydrogen-bond acceptors (Lipinski definition) is 5. The maximum Gasteiger partial charge on any atom is 0.288 e. The maximum atomic E-state index is 12.6. The van der Waals surface area contributed by atoms with E-state index in [2.05, 4.69) is 10.6 Å². The average molecular weight is 458 g/mol. The Labute approximate surface area is 180 Å². The van der Waals surface area contributed by atoms with Crippen LogP contribution in [0.1, 0.15) is 24.2 Å². The molecule has 7 nitrogen and oxygen atoms in total. The van der Waals surface area contributed by atoms with Crippen molar-refractivity contribution in [1.29, 1.82) is 0 Å². The highest BCUT2D eigenvalue weighted by Crippen LogP contribution is 2.27. The fraction of sp³-hybridized carbons (Fsp3) is 0.263. The molecular formula is C19H18ClF2N3O4S. The number of alkyl halides is 2. The van der Waals surface area contributed by atoms with E-state index in [-0.39, 0.29) is 16.5 Å². The Morgan fingerprint density at radius 1 is 1.13 bits per heavy atom. The smallest absolute Gasteiger partial charge is 0.288 e. The number of amides is 2. The van der Waals surface area contributed by atoms with Crippen LogP contribution in [0.2, 0.25) is 5.02 Å². The highest BCUT2D eigenvalue weighted by molar-refractivity contribution is 7.99. The minimum Gasteiger partial charge on any atom is -0.340 e. The Morgan fingerprint density at radius 2 is 1.77 bits per heavy atom. The first-order chi connectivity index (χ1) is 14.1. The third-order valence-electron chi connectivity index (χ3n) is 3.99. The van der Waals surface area contributed by atoms with E-state index in [1.54, 1.807) is 13.8 Å². The van der Waals surface area contributed by atoms with Crippen molar-refractivity contribution in [2.24, 2.45) is 5.92 Å². The number of carbonyl (C=O) groups is 2. The van der Waals surface area contributed by atoms with Crippen molar-refractivity contribution in [1.82, 2.24) is 5.32 Å². The van der Waals surface area contributed by atoms with Crippen molar-refractivity contribution < 1.29 is 23.3 Å². The van der Waals surface area contributed by atoms with Gasteiger partial charge in [-0.15, -0.1) is 0 Å². The van der Waals surface area contributed by atoms with Gasteiger partial charge < -0.3 is 10.6 Å². The Balaban J connectivity index is 2.11. The summed E-state index contributed by atoms with van der Waals surface area (Å²) in [5.41, 5.74) is -0.0600. The third-order valence-corrected chi connectivity index (χ3v) is 5.03. The van der Waals surface area contributed by atoms with Gasteiger partial charge in [-0.2, -0.15) is 8.78 Å². The van der Waals surface area contributed by atoms with Gasteiger partial charge in [-0.25, -0.2) is 0 Å². The van der Waals surface area contributed by atoms with Gasteiger partial charge in [-0.05, 0) is 42.3 Å². The van der Waals surface area contributed by atoms with E-state index in [1.165, 1.54) is 36.4 Å². The lowest BCUT2D eigenvalue weighted by Gasteiger charge is -2.22. The molecule has 0 aliphatic heterocycles. The summed E-state index contributed by atoms with van der Waals surface area (Å²) in [6.07, 6.45) is 0. The van der Waals surface area contributed by atoms with E-state index in [0.29, 0.717) is 22.3 Å². The summed E-state index contributed by atoms with van der Waals surface area (Å²) in [7, 11) is 0. The number of nitrogens with zero attached hydrogens (tertiary/aromatic N) is 1. The third kappa shape index (κ3) is 6.39. The van der Waals surface area contributed by atoms with Gasteiger partial charge in [0, 0.05) is 22.2 Å². The molecular weight excluding hydrogens is 440 g/mol. The molecule has 2 aromatic carbocycles. The summed E-state index contributed by atoms with van der Waals surface area (Å²) < 4.78 is 24.8. The molecule has 1 unspecified atom stereocenters. The molecule has 30 heavy (non-hydrogen) atoms. The SMILES string of the molecule is CC(C)C(NC(=O)c1ccc(Cl)c([N+](=O)[O-])c1)C(=O)Nc1ccc(SC(F)F)cc1. The Hall–Kier alpha value is -2.72. The molecule has 0 saturated carbocycles. The summed E-state index contributed by atoms with van der Waals surface area (Å²) in [5.74, 6) is -4.04. The van der Waals surface area contributed by atoms with Gasteiger partial charge in [0.25, 0.3) is 17.4 Å². The fourth-order valence-electron chi connectivity index (χ4n) is 2.49. The molecule has 1 atom stereocenters. The minimum atomic E-state index is -2.55. The van der Waals surface area contributed by atoms with E-state index in [0.717, 1.165) is 6.07 Å². The van der Waals surface area contributed by atoms with Gasteiger partial charge in [0.15, 0.2) is 0 Å². The Bertz CT molecular complexity index is 942. The lowest BCUT2D eigenvalue weighted by Crippen LogP contribution is -2.47. The van der Waals surface area contributed by atoms with E-state index >= 15 is 0 Å². The maximum absolute atomic E-state index is 12.6. The number of carbonyl (C=O) groups excluding carboxylic acids is 2. The molecule has 2 rings (SSSR count). The number of hydrogen-bond donors (Lipinski definition) is 2. The van der Waals surface area contributed by atoms with Crippen LogP contribution < -0.4 is 10.6 Å². The number of halogens is 3. The molecule has 0 spiro atoms. The molecule has 11 heteroatoms. The molecule has 0 radical (unpaired) electrons. The van der Waals surface area contributed by atoms with Gasteiger partial charge in [-0.3, -0.25) is 19.7 Å². The molecule has 0 fully saturated rings. The van der Waals surface area contributed by atoms with Crippen molar-refractivity contribution in [3.63, 3.8) is 0 Å². The van der Waals surface area contributed by atoms with Gasteiger partial charge in [0.1, 0.15) is 11.1 Å². The summed E-state index contributed by atoms with van der Waals surface area (Å²) >= 11 is 6.14. The van der Waals surface area contributed by atoms with E-state index in [1.807, 2.05) is 0 Å². The topological polar surface area (TPSA) is 101 Å². The zero-order valence-electron chi connectivity index (χ0n) is 15.9. The molecule has 2 aromatic rings. The van der Waals surface area contributed by atoms with Gasteiger partial charge in [0.2, 0.25) is 5.91 Å². The van der Waals surface area contributed by atoms with Crippen molar-refractivity contribution in [3.8, 4) is 0 Å². The van der Waals surface area contributed by atoms with Crippen LogP contribution in [0, 0.1) is 16.0 Å². The Morgan fingerprint density at radius 3 is 2.30 bits per heavy atom. The van der Waals surface area contributed by atoms with Crippen LogP contribution in [-0.2, 0) is 4.79 Å². The quantitative estimate of drug-likeness (QED) is 0.331. The summed E-state index contributed by atoms with van der Waals surface area (Å²) in [4.78, 5) is 35.8. The molecule has 160 valence electrons. The number of nitro benzene ring substituents is 1. The van der Waals surface area contributed by atoms with Crippen LogP contribution >= 0.6 is 23.4 Å². The first kappa shape index (κ1) is 23.6. The standard InChI is InChI=1S/C19H18ClF2N3O4S/c1-10(2)16(18(27)23-12-4-6-13(7-5-12)30-19(21)22)24-17(26)11-3-8-14(20)15(9-11)25(28)29/h3-10,16,19H,1-2H3,(H,23,27)(H,24,26). The monoisotopic (exact) mass is 457 g/mol. The molecule has 0 bridgehead atoms. The van der Waals surface area contributed by atoms with Crippen LogP contribution in [-0.4, -0.2) is 28.5 Å². The van der Waals surface area contributed by atoms with E-state index in [9.17, 15) is 28.5 Å². The molecule has 0 aliphatic carbocycles. The second-order valence-corrected chi connectivity index (χ2v) is 7.98. The second kappa shape index (κ2) is 10.4. The van der Waals surface area contributed by atoms with Crippen LogP contribution in [0.15, 0.2) is 47.4 Å². The zero-order chi connectivity index (χ0) is 22.4. The number of rotatable bonds is 8. The number of nitro groups is 1. The second-order valence-electron chi connectivity index (χ2n) is 6.51. The summed E-state index contributed by atoms with van der Waals surface area (Å²) in [6, 6.07) is 8.49. The molecule has 2 N–H and O–H groups in total. The van der Waals surface area contributed by atoms with Gasteiger partial charge >= 0.3 is 0 Å². The highest BCUT2D eigenvalue weighted by atomic mass is 35.5. The average Bonchev–Trinajstić information content (AvgIpc) is 2.66. The number of nitrogens with one attached hydrogen (secondary N) is 2. The normalized spacial score (nSPS) is 12.0. The van der Waals surface area contributed by atoms with Crippen LogP contribution in [0.4, 0.5) is 20.2 Å². The first-order valence-electron chi connectivity index (χ1n) is 8.69.